The number of hydrogen-bond acceptors (Lipinski definition) is 5. The Bertz CT molecular complexity index is 1490. The summed E-state index contributed by atoms with van der Waals surface area (Å²) in [4.78, 5) is 28.8. The number of rotatable bonds is 13. The Morgan fingerprint density at radius 3 is 2.17 bits per heavy atom. The van der Waals surface area contributed by atoms with Crippen molar-refractivity contribution in [3.05, 3.63) is 86.8 Å². The van der Waals surface area contributed by atoms with E-state index >= 15 is 0 Å². The van der Waals surface area contributed by atoms with Gasteiger partial charge in [-0.3, -0.25) is 13.9 Å². The second kappa shape index (κ2) is 15.1. The van der Waals surface area contributed by atoms with Gasteiger partial charge in [-0.25, -0.2) is 8.42 Å². The van der Waals surface area contributed by atoms with E-state index < -0.39 is 28.5 Å². The Morgan fingerprint density at radius 2 is 1.62 bits per heavy atom. The molecule has 8 nitrogen and oxygen atoms in total. The first-order valence-electron chi connectivity index (χ1n) is 13.4. The summed E-state index contributed by atoms with van der Waals surface area (Å²) in [5.41, 5.74) is 0.826. The van der Waals surface area contributed by atoms with Gasteiger partial charge in [0.1, 0.15) is 18.3 Å². The summed E-state index contributed by atoms with van der Waals surface area (Å²) >= 11 is 15.9. The maximum absolute atomic E-state index is 14.1. The van der Waals surface area contributed by atoms with Crippen LogP contribution in [-0.4, -0.2) is 50.4 Å². The molecule has 0 aliphatic heterocycles. The fourth-order valence-corrected chi connectivity index (χ4v) is 6.42. The van der Waals surface area contributed by atoms with Gasteiger partial charge < -0.3 is 15.0 Å². The minimum atomic E-state index is -4.20. The molecule has 3 rings (SSSR count). The lowest BCUT2D eigenvalue weighted by atomic mass is 10.1. The summed E-state index contributed by atoms with van der Waals surface area (Å²) < 4.78 is 35.2. The molecule has 0 aliphatic rings. The van der Waals surface area contributed by atoms with E-state index in [-0.39, 0.29) is 35.5 Å². The molecule has 42 heavy (non-hydrogen) atoms. The molecule has 1 N–H and O–H groups in total. The van der Waals surface area contributed by atoms with Crippen molar-refractivity contribution < 1.29 is 22.7 Å². The molecule has 0 aliphatic carbocycles. The average Bonchev–Trinajstić information content (AvgIpc) is 2.93. The van der Waals surface area contributed by atoms with Crippen molar-refractivity contribution in [2.45, 2.75) is 57.6 Å². The smallest absolute Gasteiger partial charge is 0.264 e. The molecule has 1 unspecified atom stereocenters. The van der Waals surface area contributed by atoms with E-state index in [1.54, 1.807) is 61.5 Å². The number of carbonyl (C=O) groups excluding carboxylic acids is 2. The van der Waals surface area contributed by atoms with Crippen molar-refractivity contribution in [3.63, 3.8) is 0 Å². The van der Waals surface area contributed by atoms with Gasteiger partial charge in [0.15, 0.2) is 0 Å². The minimum absolute atomic E-state index is 0.00396. The van der Waals surface area contributed by atoms with Crippen molar-refractivity contribution in [1.82, 2.24) is 10.2 Å². The minimum Gasteiger partial charge on any atom is -0.494 e. The highest BCUT2D eigenvalue weighted by molar-refractivity contribution is 9.10. The Hall–Kier alpha value is -2.79. The van der Waals surface area contributed by atoms with E-state index in [1.165, 1.54) is 17.0 Å². The molecule has 0 saturated heterocycles. The highest BCUT2D eigenvalue weighted by Crippen LogP contribution is 2.28. The topological polar surface area (TPSA) is 96.0 Å². The molecule has 0 aromatic heterocycles. The summed E-state index contributed by atoms with van der Waals surface area (Å²) in [6, 6.07) is 16.4. The van der Waals surface area contributed by atoms with Crippen LogP contribution in [0.25, 0.3) is 0 Å². The number of ether oxygens (including phenoxy) is 1. The number of nitrogens with zero attached hydrogens (tertiary/aromatic N) is 2. The second-order valence-electron chi connectivity index (χ2n) is 9.74. The summed E-state index contributed by atoms with van der Waals surface area (Å²) in [5.74, 6) is -0.375. The Morgan fingerprint density at radius 1 is 0.976 bits per heavy atom. The zero-order valence-electron chi connectivity index (χ0n) is 23.8. The van der Waals surface area contributed by atoms with Gasteiger partial charge in [0, 0.05) is 27.1 Å². The highest BCUT2D eigenvalue weighted by atomic mass is 79.9. The fraction of sp³-hybridized carbons (Fsp3) is 0.333. The van der Waals surface area contributed by atoms with E-state index in [2.05, 4.69) is 21.2 Å². The molecule has 3 aromatic rings. The summed E-state index contributed by atoms with van der Waals surface area (Å²) in [7, 11) is -4.20. The quantitative estimate of drug-likeness (QED) is 0.215. The predicted octanol–water partition coefficient (Wildman–Crippen LogP) is 6.68. The first-order valence-corrected chi connectivity index (χ1v) is 16.4. The predicted molar refractivity (Wildman–Crippen MR) is 171 cm³/mol. The molecular formula is C30H34BrCl2N3O5S. The summed E-state index contributed by atoms with van der Waals surface area (Å²) in [6.07, 6.45) is 0.290. The van der Waals surface area contributed by atoms with Gasteiger partial charge in [0.05, 0.1) is 17.2 Å². The van der Waals surface area contributed by atoms with E-state index in [1.807, 2.05) is 20.8 Å². The van der Waals surface area contributed by atoms with Crippen LogP contribution in [0.15, 0.2) is 76.1 Å². The first-order chi connectivity index (χ1) is 19.9. The Kier molecular flexibility index (Phi) is 12.1. The fourth-order valence-electron chi connectivity index (χ4n) is 4.27. The Balaban J connectivity index is 2.09. The SMILES string of the molecule is CCOc1ccc(N(CC(=O)N(Cc2ccc(Cl)cc2Cl)C(CC)C(=O)NC(C)C)S(=O)(=O)c2ccc(Br)cc2)cc1. The van der Waals surface area contributed by atoms with E-state index in [9.17, 15) is 18.0 Å². The first kappa shape index (κ1) is 33.7. The normalized spacial score (nSPS) is 12.1. The molecule has 226 valence electrons. The number of benzene rings is 3. The zero-order valence-corrected chi connectivity index (χ0v) is 27.7. The number of anilines is 1. The number of carbonyl (C=O) groups is 2. The number of halogens is 3. The lowest BCUT2D eigenvalue weighted by Gasteiger charge is -2.33. The van der Waals surface area contributed by atoms with Crippen LogP contribution < -0.4 is 14.4 Å². The monoisotopic (exact) mass is 697 g/mol. The molecule has 0 heterocycles. The van der Waals surface area contributed by atoms with Crippen LogP contribution in [0.3, 0.4) is 0 Å². The van der Waals surface area contributed by atoms with Crippen molar-refractivity contribution >= 4 is 66.7 Å². The number of amides is 2. The van der Waals surface area contributed by atoms with Crippen molar-refractivity contribution in [2.24, 2.45) is 0 Å². The highest BCUT2D eigenvalue weighted by Gasteiger charge is 2.34. The van der Waals surface area contributed by atoms with Crippen molar-refractivity contribution in [1.29, 1.82) is 0 Å². The second-order valence-corrected chi connectivity index (χ2v) is 13.4. The van der Waals surface area contributed by atoms with Gasteiger partial charge in [-0.2, -0.15) is 0 Å². The van der Waals surface area contributed by atoms with Crippen LogP contribution >= 0.6 is 39.1 Å². The van der Waals surface area contributed by atoms with Crippen molar-refractivity contribution in [2.75, 3.05) is 17.5 Å². The van der Waals surface area contributed by atoms with Crippen molar-refractivity contribution in [3.8, 4) is 5.75 Å². The van der Waals surface area contributed by atoms with E-state index in [4.69, 9.17) is 27.9 Å². The van der Waals surface area contributed by atoms with Crippen LogP contribution in [-0.2, 0) is 26.2 Å². The number of hydrogen-bond donors (Lipinski definition) is 1. The molecule has 0 saturated carbocycles. The maximum atomic E-state index is 14.1. The van der Waals surface area contributed by atoms with Crippen LogP contribution in [0, 0.1) is 0 Å². The molecule has 12 heteroatoms. The molecular weight excluding hydrogens is 665 g/mol. The number of nitrogens with one attached hydrogen (secondary N) is 1. The largest absolute Gasteiger partial charge is 0.494 e. The molecule has 3 aromatic carbocycles. The standard InChI is InChI=1S/C30H34BrCl2N3O5S/c1-5-28(30(38)34-20(3)4)35(18-21-7-10-23(32)17-27(21)33)29(37)19-36(24-11-13-25(14-12-24)41-6-2)42(39,40)26-15-8-22(31)9-16-26/h7-17,20,28H,5-6,18-19H2,1-4H3,(H,34,38). The van der Waals surface area contributed by atoms with Gasteiger partial charge in [0.2, 0.25) is 11.8 Å². The van der Waals surface area contributed by atoms with Gasteiger partial charge in [-0.05, 0) is 93.4 Å². The molecule has 2 amide bonds. The van der Waals surface area contributed by atoms with Gasteiger partial charge >= 0.3 is 0 Å². The van der Waals surface area contributed by atoms with Gasteiger partial charge in [-0.15, -0.1) is 0 Å². The van der Waals surface area contributed by atoms with Gasteiger partial charge in [-0.1, -0.05) is 52.1 Å². The average molecular weight is 699 g/mol. The lowest BCUT2D eigenvalue weighted by molar-refractivity contribution is -0.140. The molecule has 0 radical (unpaired) electrons. The van der Waals surface area contributed by atoms with Crippen LogP contribution in [0.1, 0.15) is 39.7 Å². The zero-order chi connectivity index (χ0) is 31.0. The summed E-state index contributed by atoms with van der Waals surface area (Å²) in [6.45, 7) is 7.13. The molecule has 1 atom stereocenters. The van der Waals surface area contributed by atoms with Crippen LogP contribution in [0.5, 0.6) is 5.75 Å². The third kappa shape index (κ3) is 8.63. The van der Waals surface area contributed by atoms with Gasteiger partial charge in [0.25, 0.3) is 10.0 Å². The van der Waals surface area contributed by atoms with E-state index in [0.29, 0.717) is 32.4 Å². The van der Waals surface area contributed by atoms with Crippen LogP contribution in [0.2, 0.25) is 10.0 Å². The maximum Gasteiger partial charge on any atom is 0.264 e. The summed E-state index contributed by atoms with van der Waals surface area (Å²) in [5, 5.41) is 3.61. The molecule has 0 spiro atoms. The third-order valence-electron chi connectivity index (χ3n) is 6.29. The lowest BCUT2D eigenvalue weighted by Crippen LogP contribution is -2.53. The van der Waals surface area contributed by atoms with Crippen LogP contribution in [0.4, 0.5) is 5.69 Å². The van der Waals surface area contributed by atoms with E-state index in [0.717, 1.165) is 4.31 Å². The molecule has 0 bridgehead atoms. The number of sulfonamides is 1. The molecule has 0 fully saturated rings. The third-order valence-corrected chi connectivity index (χ3v) is 9.19. The Labute approximate surface area is 266 Å².